The summed E-state index contributed by atoms with van der Waals surface area (Å²) < 4.78 is 30.0. The average Bonchev–Trinajstić information content (AvgIpc) is 2.02. The van der Waals surface area contributed by atoms with Gasteiger partial charge < -0.3 is 9.84 Å². The van der Waals surface area contributed by atoms with E-state index >= 15 is 0 Å². The number of sulfonamides is 1. The fourth-order valence-corrected chi connectivity index (χ4v) is 2.97. The van der Waals surface area contributed by atoms with E-state index in [0.717, 1.165) is 0 Å². The maximum absolute atomic E-state index is 11.6. The van der Waals surface area contributed by atoms with Crippen molar-refractivity contribution in [3.05, 3.63) is 0 Å². The summed E-state index contributed by atoms with van der Waals surface area (Å²) in [5.74, 6) is -0.202. The molecule has 14 heavy (non-hydrogen) atoms. The molecular formula is C8H17NO4S. The normalized spacial score (nSPS) is 30.5. The third-order valence-corrected chi connectivity index (χ3v) is 3.91. The van der Waals surface area contributed by atoms with Crippen molar-refractivity contribution in [1.82, 2.24) is 4.31 Å². The molecular weight excluding hydrogens is 206 g/mol. The SMILES string of the molecule is C[C@@H]1CN(S(=O)(=O)CCO)C[C@H](C)O1. The van der Waals surface area contributed by atoms with Crippen molar-refractivity contribution in [3.8, 4) is 0 Å². The fraction of sp³-hybridized carbons (Fsp3) is 1.00. The first-order chi connectivity index (χ1) is 6.45. The first-order valence-corrected chi connectivity index (χ1v) is 6.31. The monoisotopic (exact) mass is 223 g/mol. The molecule has 1 heterocycles. The Morgan fingerprint density at radius 2 is 1.86 bits per heavy atom. The smallest absolute Gasteiger partial charge is 0.216 e. The third-order valence-electron chi connectivity index (χ3n) is 2.13. The van der Waals surface area contributed by atoms with Gasteiger partial charge in [0.05, 0.1) is 24.6 Å². The first kappa shape index (κ1) is 11.9. The molecule has 5 nitrogen and oxygen atoms in total. The summed E-state index contributed by atoms with van der Waals surface area (Å²) in [6, 6.07) is 0. The highest BCUT2D eigenvalue weighted by atomic mass is 32.2. The summed E-state index contributed by atoms with van der Waals surface area (Å²) in [5.41, 5.74) is 0. The summed E-state index contributed by atoms with van der Waals surface area (Å²) in [6.45, 7) is 4.12. The molecule has 1 saturated heterocycles. The van der Waals surface area contributed by atoms with E-state index in [4.69, 9.17) is 9.84 Å². The number of nitrogens with zero attached hydrogens (tertiary/aromatic N) is 1. The quantitative estimate of drug-likeness (QED) is 0.695. The second-order valence-corrected chi connectivity index (χ2v) is 5.70. The van der Waals surface area contributed by atoms with Crippen molar-refractivity contribution < 1.29 is 18.3 Å². The molecule has 1 rings (SSSR count). The number of aliphatic hydroxyl groups excluding tert-OH is 1. The van der Waals surface area contributed by atoms with Crippen LogP contribution in [0.3, 0.4) is 0 Å². The lowest BCUT2D eigenvalue weighted by Crippen LogP contribution is -2.49. The van der Waals surface area contributed by atoms with E-state index in [2.05, 4.69) is 0 Å². The van der Waals surface area contributed by atoms with E-state index in [-0.39, 0.29) is 24.6 Å². The van der Waals surface area contributed by atoms with Crippen LogP contribution in [0.5, 0.6) is 0 Å². The highest BCUT2D eigenvalue weighted by Gasteiger charge is 2.30. The molecule has 1 fully saturated rings. The van der Waals surface area contributed by atoms with Crippen molar-refractivity contribution in [2.45, 2.75) is 26.1 Å². The Kier molecular flexibility index (Phi) is 3.88. The van der Waals surface area contributed by atoms with E-state index in [1.165, 1.54) is 4.31 Å². The van der Waals surface area contributed by atoms with E-state index in [1.807, 2.05) is 13.8 Å². The first-order valence-electron chi connectivity index (χ1n) is 4.70. The van der Waals surface area contributed by atoms with E-state index in [1.54, 1.807) is 0 Å². The lowest BCUT2D eigenvalue weighted by atomic mass is 10.3. The number of hydrogen-bond donors (Lipinski definition) is 1. The molecule has 0 spiro atoms. The molecule has 0 saturated carbocycles. The van der Waals surface area contributed by atoms with Gasteiger partial charge in [-0.15, -0.1) is 0 Å². The Bertz CT molecular complexity index is 267. The van der Waals surface area contributed by atoms with Gasteiger partial charge in [0, 0.05) is 13.1 Å². The topological polar surface area (TPSA) is 66.8 Å². The predicted molar refractivity (Wildman–Crippen MR) is 52.5 cm³/mol. The Hall–Kier alpha value is -0.170. The van der Waals surface area contributed by atoms with E-state index < -0.39 is 10.0 Å². The van der Waals surface area contributed by atoms with Gasteiger partial charge in [-0.05, 0) is 13.8 Å². The highest BCUT2D eigenvalue weighted by Crippen LogP contribution is 2.14. The van der Waals surface area contributed by atoms with Crippen LogP contribution in [-0.2, 0) is 14.8 Å². The molecule has 2 atom stereocenters. The van der Waals surface area contributed by atoms with Gasteiger partial charge in [-0.1, -0.05) is 0 Å². The molecule has 0 amide bonds. The molecule has 84 valence electrons. The van der Waals surface area contributed by atoms with Crippen LogP contribution in [0, 0.1) is 0 Å². The molecule has 6 heteroatoms. The Labute approximate surface area is 84.7 Å². The number of aliphatic hydroxyl groups is 1. The molecule has 1 N–H and O–H groups in total. The van der Waals surface area contributed by atoms with Gasteiger partial charge in [0.15, 0.2) is 0 Å². The lowest BCUT2D eigenvalue weighted by Gasteiger charge is -2.34. The molecule has 0 aromatic heterocycles. The number of ether oxygens (including phenoxy) is 1. The Balaban J connectivity index is 2.68. The second kappa shape index (κ2) is 4.57. The average molecular weight is 223 g/mol. The molecule has 0 radical (unpaired) electrons. The summed E-state index contributed by atoms with van der Waals surface area (Å²) in [7, 11) is -3.30. The van der Waals surface area contributed by atoms with Gasteiger partial charge in [-0.25, -0.2) is 8.42 Å². The van der Waals surface area contributed by atoms with Gasteiger partial charge in [-0.2, -0.15) is 4.31 Å². The van der Waals surface area contributed by atoms with Crippen molar-refractivity contribution in [2.24, 2.45) is 0 Å². The second-order valence-electron chi connectivity index (χ2n) is 3.61. The number of hydrogen-bond acceptors (Lipinski definition) is 4. The molecule has 1 aliphatic rings. The van der Waals surface area contributed by atoms with Crippen LogP contribution in [-0.4, -0.2) is 55.5 Å². The summed E-state index contributed by atoms with van der Waals surface area (Å²) in [5, 5.41) is 8.63. The van der Waals surface area contributed by atoms with Crippen LogP contribution in [0.2, 0.25) is 0 Å². The minimum Gasteiger partial charge on any atom is -0.395 e. The summed E-state index contributed by atoms with van der Waals surface area (Å²) in [6.07, 6.45) is -0.153. The zero-order chi connectivity index (χ0) is 10.8. The van der Waals surface area contributed by atoms with Crippen molar-refractivity contribution in [2.75, 3.05) is 25.4 Å². The Morgan fingerprint density at radius 1 is 1.36 bits per heavy atom. The summed E-state index contributed by atoms with van der Waals surface area (Å²) >= 11 is 0. The zero-order valence-corrected chi connectivity index (χ0v) is 9.33. The van der Waals surface area contributed by atoms with Crippen LogP contribution in [0.4, 0.5) is 0 Å². The van der Waals surface area contributed by atoms with Crippen LogP contribution >= 0.6 is 0 Å². The molecule has 0 aromatic rings. The maximum atomic E-state index is 11.6. The van der Waals surface area contributed by atoms with Crippen molar-refractivity contribution in [3.63, 3.8) is 0 Å². The summed E-state index contributed by atoms with van der Waals surface area (Å²) in [4.78, 5) is 0. The minimum atomic E-state index is -3.30. The highest BCUT2D eigenvalue weighted by molar-refractivity contribution is 7.89. The third kappa shape index (κ3) is 2.91. The van der Waals surface area contributed by atoms with Crippen LogP contribution in [0.25, 0.3) is 0 Å². The standard InChI is InChI=1S/C8H17NO4S/c1-7-5-9(6-8(2)13-7)14(11,12)4-3-10/h7-8,10H,3-6H2,1-2H3/t7-,8+. The van der Waals surface area contributed by atoms with Gasteiger partial charge >= 0.3 is 0 Å². The molecule has 0 unspecified atom stereocenters. The number of morpholine rings is 1. The van der Waals surface area contributed by atoms with Gasteiger partial charge in [-0.3, -0.25) is 0 Å². The minimum absolute atomic E-state index is 0.0767. The number of rotatable bonds is 3. The zero-order valence-electron chi connectivity index (χ0n) is 8.51. The van der Waals surface area contributed by atoms with Gasteiger partial charge in [0.2, 0.25) is 10.0 Å². The van der Waals surface area contributed by atoms with Crippen LogP contribution in [0.15, 0.2) is 0 Å². The maximum Gasteiger partial charge on any atom is 0.216 e. The molecule has 0 bridgehead atoms. The van der Waals surface area contributed by atoms with E-state index in [0.29, 0.717) is 13.1 Å². The lowest BCUT2D eigenvalue weighted by molar-refractivity contribution is -0.0441. The van der Waals surface area contributed by atoms with Gasteiger partial charge in [0.1, 0.15) is 0 Å². The largest absolute Gasteiger partial charge is 0.395 e. The van der Waals surface area contributed by atoms with Crippen molar-refractivity contribution in [1.29, 1.82) is 0 Å². The van der Waals surface area contributed by atoms with Crippen LogP contribution < -0.4 is 0 Å². The molecule has 1 aliphatic heterocycles. The molecule has 0 aromatic carbocycles. The Morgan fingerprint density at radius 3 is 2.29 bits per heavy atom. The van der Waals surface area contributed by atoms with Gasteiger partial charge in [0.25, 0.3) is 0 Å². The fourth-order valence-electron chi connectivity index (χ4n) is 1.60. The van der Waals surface area contributed by atoms with E-state index in [9.17, 15) is 8.42 Å². The van der Waals surface area contributed by atoms with Crippen molar-refractivity contribution >= 4 is 10.0 Å². The van der Waals surface area contributed by atoms with Crippen LogP contribution in [0.1, 0.15) is 13.8 Å². The molecule has 0 aliphatic carbocycles. The predicted octanol–water partition coefficient (Wildman–Crippen LogP) is -0.582.